The molecule has 0 saturated heterocycles. The van der Waals surface area contributed by atoms with Crippen molar-refractivity contribution in [3.8, 4) is 22.9 Å². The number of thiol groups is 1. The molecule has 124 valence electrons. The number of ether oxygens (including phenoxy) is 1. The summed E-state index contributed by atoms with van der Waals surface area (Å²) < 4.78 is 5.84. The van der Waals surface area contributed by atoms with Crippen molar-refractivity contribution in [3.63, 3.8) is 0 Å². The van der Waals surface area contributed by atoms with Gasteiger partial charge in [-0.25, -0.2) is 0 Å². The molecule has 0 aliphatic heterocycles. The molecule has 0 aliphatic carbocycles. The SMILES string of the molecule is Cc1cccc(Oc2cc(S)cc(-n3nc4ccccc4n3)c2O)c1. The minimum absolute atomic E-state index is 0.0420. The van der Waals surface area contributed by atoms with Crippen molar-refractivity contribution in [1.29, 1.82) is 0 Å². The Kier molecular flexibility index (Phi) is 3.82. The van der Waals surface area contributed by atoms with Crippen molar-refractivity contribution in [2.24, 2.45) is 0 Å². The molecule has 6 heteroatoms. The van der Waals surface area contributed by atoms with Crippen LogP contribution in [0.15, 0.2) is 65.6 Å². The number of phenolic OH excluding ortho intramolecular Hbond substituents is 1. The fourth-order valence-corrected chi connectivity index (χ4v) is 2.82. The number of aromatic hydroxyl groups is 1. The van der Waals surface area contributed by atoms with Crippen LogP contribution in [0.2, 0.25) is 0 Å². The summed E-state index contributed by atoms with van der Waals surface area (Å²) in [5, 5.41) is 19.5. The molecule has 4 rings (SSSR count). The predicted octanol–water partition coefficient (Wildman–Crippen LogP) is 4.52. The van der Waals surface area contributed by atoms with E-state index in [2.05, 4.69) is 22.8 Å². The highest BCUT2D eigenvalue weighted by Gasteiger charge is 2.15. The van der Waals surface area contributed by atoms with Gasteiger partial charge in [-0.1, -0.05) is 24.3 Å². The van der Waals surface area contributed by atoms with Crippen LogP contribution in [0.1, 0.15) is 5.56 Å². The van der Waals surface area contributed by atoms with Gasteiger partial charge >= 0.3 is 0 Å². The summed E-state index contributed by atoms with van der Waals surface area (Å²) in [7, 11) is 0. The third-order valence-electron chi connectivity index (χ3n) is 3.76. The smallest absolute Gasteiger partial charge is 0.186 e. The lowest BCUT2D eigenvalue weighted by Crippen LogP contribution is -2.00. The summed E-state index contributed by atoms with van der Waals surface area (Å²) in [5.74, 6) is 0.896. The second kappa shape index (κ2) is 6.14. The lowest BCUT2D eigenvalue weighted by Gasteiger charge is -2.12. The van der Waals surface area contributed by atoms with E-state index in [1.54, 1.807) is 12.1 Å². The Labute approximate surface area is 149 Å². The maximum absolute atomic E-state index is 10.7. The molecular formula is C19H15N3O2S. The molecule has 0 atom stereocenters. The van der Waals surface area contributed by atoms with Crippen LogP contribution in [0.5, 0.6) is 17.2 Å². The molecule has 1 heterocycles. The van der Waals surface area contributed by atoms with Gasteiger partial charge in [0.2, 0.25) is 0 Å². The van der Waals surface area contributed by atoms with Gasteiger partial charge in [0.15, 0.2) is 11.5 Å². The molecule has 0 fully saturated rings. The second-order valence-corrected chi connectivity index (χ2v) is 6.22. The van der Waals surface area contributed by atoms with Crippen LogP contribution in [0.25, 0.3) is 16.7 Å². The minimum atomic E-state index is -0.0420. The number of benzene rings is 3. The average Bonchev–Trinajstić information content (AvgIpc) is 3.01. The van der Waals surface area contributed by atoms with Gasteiger partial charge in [-0.05, 0) is 48.9 Å². The zero-order valence-electron chi connectivity index (χ0n) is 13.4. The normalized spacial score (nSPS) is 11.0. The Bertz CT molecular complexity index is 1040. The first-order chi connectivity index (χ1) is 12.1. The van der Waals surface area contributed by atoms with Crippen LogP contribution in [0.4, 0.5) is 0 Å². The molecule has 0 unspecified atom stereocenters. The van der Waals surface area contributed by atoms with Crippen LogP contribution in [0.3, 0.4) is 0 Å². The van der Waals surface area contributed by atoms with Crippen molar-refractivity contribution in [2.45, 2.75) is 11.8 Å². The van der Waals surface area contributed by atoms with Crippen LogP contribution < -0.4 is 4.74 Å². The fourth-order valence-electron chi connectivity index (χ4n) is 2.58. The van der Waals surface area contributed by atoms with Gasteiger partial charge in [-0.3, -0.25) is 0 Å². The molecule has 0 saturated carbocycles. The quantitative estimate of drug-likeness (QED) is 0.534. The number of phenols is 1. The van der Waals surface area contributed by atoms with Crippen molar-refractivity contribution in [3.05, 3.63) is 66.2 Å². The van der Waals surface area contributed by atoms with Crippen LogP contribution in [-0.2, 0) is 0 Å². The molecule has 0 radical (unpaired) electrons. The molecule has 5 nitrogen and oxygen atoms in total. The van der Waals surface area contributed by atoms with Gasteiger partial charge in [0.25, 0.3) is 0 Å². The average molecular weight is 349 g/mol. The topological polar surface area (TPSA) is 60.2 Å². The van der Waals surface area contributed by atoms with Gasteiger partial charge in [0.1, 0.15) is 22.5 Å². The van der Waals surface area contributed by atoms with Crippen LogP contribution >= 0.6 is 12.6 Å². The highest BCUT2D eigenvalue weighted by atomic mass is 32.1. The Morgan fingerprint density at radius 3 is 2.36 bits per heavy atom. The number of hydrogen-bond donors (Lipinski definition) is 2. The molecule has 1 N–H and O–H groups in total. The number of rotatable bonds is 3. The number of hydrogen-bond acceptors (Lipinski definition) is 5. The Balaban J connectivity index is 1.80. The lowest BCUT2D eigenvalue weighted by atomic mass is 10.2. The van der Waals surface area contributed by atoms with Gasteiger partial charge in [-0.2, -0.15) is 0 Å². The first kappa shape index (κ1) is 15.5. The zero-order chi connectivity index (χ0) is 17.4. The fraction of sp³-hybridized carbons (Fsp3) is 0.0526. The summed E-state index contributed by atoms with van der Waals surface area (Å²) in [6.07, 6.45) is 0. The van der Waals surface area contributed by atoms with E-state index < -0.39 is 0 Å². The highest BCUT2D eigenvalue weighted by molar-refractivity contribution is 7.80. The predicted molar refractivity (Wildman–Crippen MR) is 99.0 cm³/mol. The first-order valence-corrected chi connectivity index (χ1v) is 8.18. The van der Waals surface area contributed by atoms with E-state index in [9.17, 15) is 5.11 Å². The summed E-state index contributed by atoms with van der Waals surface area (Å²) in [6.45, 7) is 1.98. The summed E-state index contributed by atoms with van der Waals surface area (Å²) in [6, 6.07) is 18.5. The van der Waals surface area contributed by atoms with E-state index >= 15 is 0 Å². The third kappa shape index (κ3) is 3.04. The van der Waals surface area contributed by atoms with E-state index in [1.165, 1.54) is 4.80 Å². The molecule has 0 amide bonds. The highest BCUT2D eigenvalue weighted by Crippen LogP contribution is 2.38. The van der Waals surface area contributed by atoms with Gasteiger partial charge < -0.3 is 9.84 Å². The van der Waals surface area contributed by atoms with E-state index in [4.69, 9.17) is 4.74 Å². The zero-order valence-corrected chi connectivity index (χ0v) is 14.3. The standard InChI is InChI=1S/C19H15N3O2S/c1-12-5-4-6-13(9-12)24-18-11-14(25)10-17(19(18)23)22-20-15-7-2-3-8-16(15)21-22/h2-11,23,25H,1H3. The first-order valence-electron chi connectivity index (χ1n) is 7.73. The number of aromatic nitrogens is 3. The maximum atomic E-state index is 10.7. The Hall–Kier alpha value is -2.99. The van der Waals surface area contributed by atoms with Gasteiger partial charge in [0.05, 0.1) is 0 Å². The Morgan fingerprint density at radius 2 is 1.68 bits per heavy atom. The maximum Gasteiger partial charge on any atom is 0.186 e. The molecule has 25 heavy (non-hydrogen) atoms. The van der Waals surface area contributed by atoms with Crippen LogP contribution in [-0.4, -0.2) is 20.1 Å². The largest absolute Gasteiger partial charge is 0.503 e. The lowest BCUT2D eigenvalue weighted by molar-refractivity contribution is 0.406. The number of nitrogens with zero attached hydrogens (tertiary/aromatic N) is 3. The van der Waals surface area contributed by atoms with E-state index in [1.807, 2.05) is 55.5 Å². The molecule has 0 spiro atoms. The summed E-state index contributed by atoms with van der Waals surface area (Å²) in [5.41, 5.74) is 2.96. The van der Waals surface area contributed by atoms with E-state index in [-0.39, 0.29) is 5.75 Å². The number of aryl methyl sites for hydroxylation is 1. The van der Waals surface area contributed by atoms with Crippen LogP contribution in [0, 0.1) is 6.92 Å². The third-order valence-corrected chi connectivity index (χ3v) is 4.02. The molecule has 4 aromatic rings. The molecule has 0 bridgehead atoms. The van der Waals surface area contributed by atoms with Crippen molar-refractivity contribution >= 4 is 23.7 Å². The molecule has 0 aliphatic rings. The monoisotopic (exact) mass is 349 g/mol. The molecular weight excluding hydrogens is 334 g/mol. The second-order valence-electron chi connectivity index (χ2n) is 5.71. The minimum Gasteiger partial charge on any atom is -0.503 e. The van der Waals surface area contributed by atoms with Gasteiger partial charge in [-0.15, -0.1) is 27.6 Å². The van der Waals surface area contributed by atoms with Crippen molar-refractivity contribution in [1.82, 2.24) is 15.0 Å². The van der Waals surface area contributed by atoms with E-state index in [0.717, 1.165) is 16.6 Å². The number of fused-ring (bicyclic) bond motifs is 1. The van der Waals surface area contributed by atoms with Crippen molar-refractivity contribution < 1.29 is 9.84 Å². The van der Waals surface area contributed by atoms with E-state index in [0.29, 0.717) is 22.1 Å². The Morgan fingerprint density at radius 1 is 0.960 bits per heavy atom. The molecule has 1 aromatic heterocycles. The van der Waals surface area contributed by atoms with Gasteiger partial charge in [0, 0.05) is 4.90 Å². The summed E-state index contributed by atoms with van der Waals surface area (Å²) in [4.78, 5) is 2.03. The van der Waals surface area contributed by atoms with Crippen molar-refractivity contribution in [2.75, 3.05) is 0 Å². The molecule has 3 aromatic carbocycles. The summed E-state index contributed by atoms with van der Waals surface area (Å²) >= 11 is 4.41.